The van der Waals surface area contributed by atoms with E-state index in [2.05, 4.69) is 11.2 Å². The van der Waals surface area contributed by atoms with E-state index < -0.39 is 10.9 Å². The number of nitro groups is 1. The molecule has 0 unspecified atom stereocenters. The maximum Gasteiger partial charge on any atom is 0.336 e. The van der Waals surface area contributed by atoms with Crippen LogP contribution < -0.4 is 5.32 Å². The van der Waals surface area contributed by atoms with Crippen molar-refractivity contribution in [3.05, 3.63) is 33.4 Å². The van der Waals surface area contributed by atoms with Crippen LogP contribution in [0.2, 0.25) is 0 Å². The quantitative estimate of drug-likeness (QED) is 0.469. The molecule has 0 aliphatic rings. The smallest absolute Gasteiger partial charge is 0.336 e. The molecule has 0 aromatic heterocycles. The number of hydrogen-bond donors (Lipinski definition) is 2. The molecule has 0 amide bonds. The topological polar surface area (TPSA) is 92.5 Å². The minimum atomic E-state index is -1.23. The van der Waals surface area contributed by atoms with Gasteiger partial charge in [0.1, 0.15) is 0 Å². The van der Waals surface area contributed by atoms with E-state index in [1.807, 2.05) is 0 Å². The minimum absolute atomic E-state index is 0.151. The molecule has 1 aromatic rings. The summed E-state index contributed by atoms with van der Waals surface area (Å²) in [5.41, 5.74) is 0.316. The second-order valence-corrected chi connectivity index (χ2v) is 3.29. The molecule has 0 fully saturated rings. The first kappa shape index (κ1) is 12.5. The molecule has 6 heteroatoms. The number of nitrogens with one attached hydrogen (secondary N) is 1. The van der Waals surface area contributed by atoms with Crippen LogP contribution in [0, 0.1) is 29.4 Å². The molecule has 0 atom stereocenters. The SMILES string of the molecule is C#CCNc1cc(C(=O)O)cc([N+](=O)[O-])c1C. The largest absolute Gasteiger partial charge is 0.478 e. The molecule has 0 heterocycles. The summed E-state index contributed by atoms with van der Waals surface area (Å²) < 4.78 is 0. The number of nitrogens with zero attached hydrogens (tertiary/aromatic N) is 1. The van der Waals surface area contributed by atoms with Crippen molar-refractivity contribution in [1.82, 2.24) is 0 Å². The molecule has 1 aromatic carbocycles. The van der Waals surface area contributed by atoms with Crippen LogP contribution in [0.15, 0.2) is 12.1 Å². The molecule has 1 rings (SSSR count). The number of benzene rings is 1. The highest BCUT2D eigenvalue weighted by Crippen LogP contribution is 2.27. The Kier molecular flexibility index (Phi) is 3.67. The second kappa shape index (κ2) is 4.99. The summed E-state index contributed by atoms with van der Waals surface area (Å²) in [6.45, 7) is 1.70. The Morgan fingerprint density at radius 1 is 1.65 bits per heavy atom. The average molecular weight is 234 g/mol. The number of rotatable bonds is 4. The fourth-order valence-corrected chi connectivity index (χ4v) is 1.34. The van der Waals surface area contributed by atoms with Crippen molar-refractivity contribution in [2.75, 3.05) is 11.9 Å². The van der Waals surface area contributed by atoms with Gasteiger partial charge in [-0.25, -0.2) is 4.79 Å². The third-order valence-electron chi connectivity index (χ3n) is 2.20. The van der Waals surface area contributed by atoms with Gasteiger partial charge in [0.25, 0.3) is 5.69 Å². The maximum absolute atomic E-state index is 10.8. The van der Waals surface area contributed by atoms with E-state index in [-0.39, 0.29) is 17.8 Å². The molecule has 0 aliphatic heterocycles. The summed E-state index contributed by atoms with van der Waals surface area (Å²) in [5, 5.41) is 22.4. The fourth-order valence-electron chi connectivity index (χ4n) is 1.34. The van der Waals surface area contributed by atoms with E-state index in [1.165, 1.54) is 13.0 Å². The van der Waals surface area contributed by atoms with Gasteiger partial charge >= 0.3 is 5.97 Å². The van der Waals surface area contributed by atoms with Gasteiger partial charge in [0.15, 0.2) is 0 Å². The zero-order valence-corrected chi connectivity index (χ0v) is 9.06. The van der Waals surface area contributed by atoms with Crippen LogP contribution in [0.4, 0.5) is 11.4 Å². The van der Waals surface area contributed by atoms with Gasteiger partial charge in [0.05, 0.1) is 17.0 Å². The molecule has 88 valence electrons. The molecule has 0 bridgehead atoms. The first-order valence-electron chi connectivity index (χ1n) is 4.67. The molecule has 0 saturated heterocycles. The van der Waals surface area contributed by atoms with E-state index in [1.54, 1.807) is 0 Å². The van der Waals surface area contributed by atoms with Crippen LogP contribution in [0.1, 0.15) is 15.9 Å². The normalized spacial score (nSPS) is 9.41. The van der Waals surface area contributed by atoms with Crippen molar-refractivity contribution in [3.63, 3.8) is 0 Å². The van der Waals surface area contributed by atoms with Crippen LogP contribution in [-0.2, 0) is 0 Å². The maximum atomic E-state index is 10.8. The summed E-state index contributed by atoms with van der Waals surface area (Å²) in [5.74, 6) is 1.09. The number of hydrogen-bond acceptors (Lipinski definition) is 4. The van der Waals surface area contributed by atoms with Crippen molar-refractivity contribution in [2.24, 2.45) is 0 Å². The summed E-state index contributed by atoms with van der Waals surface area (Å²) >= 11 is 0. The Hall–Kier alpha value is -2.55. The predicted molar refractivity (Wildman–Crippen MR) is 62.1 cm³/mol. The van der Waals surface area contributed by atoms with Crippen molar-refractivity contribution in [3.8, 4) is 12.3 Å². The van der Waals surface area contributed by atoms with E-state index >= 15 is 0 Å². The number of carboxylic acid groups (broad SMARTS) is 1. The number of terminal acetylenes is 1. The Morgan fingerprint density at radius 2 is 2.29 bits per heavy atom. The van der Waals surface area contributed by atoms with Gasteiger partial charge in [-0.2, -0.15) is 0 Å². The molecule has 2 N–H and O–H groups in total. The number of carboxylic acids is 1. The molecular formula is C11H10N2O4. The highest BCUT2D eigenvalue weighted by molar-refractivity contribution is 5.90. The summed E-state index contributed by atoms with van der Waals surface area (Å²) in [6, 6.07) is 2.35. The number of carbonyl (C=O) groups is 1. The lowest BCUT2D eigenvalue weighted by Crippen LogP contribution is -2.06. The van der Waals surface area contributed by atoms with Gasteiger partial charge in [0, 0.05) is 17.3 Å². The van der Waals surface area contributed by atoms with Gasteiger partial charge in [0.2, 0.25) is 0 Å². The van der Waals surface area contributed by atoms with Crippen molar-refractivity contribution in [1.29, 1.82) is 0 Å². The van der Waals surface area contributed by atoms with Crippen LogP contribution in [0.3, 0.4) is 0 Å². The summed E-state index contributed by atoms with van der Waals surface area (Å²) in [7, 11) is 0. The standard InChI is InChI=1S/C11H10N2O4/c1-3-4-12-9-5-8(11(14)15)6-10(7(9)2)13(16)17/h1,5-6,12H,4H2,2H3,(H,14,15). The minimum Gasteiger partial charge on any atom is -0.478 e. The zero-order valence-electron chi connectivity index (χ0n) is 9.06. The van der Waals surface area contributed by atoms with E-state index in [0.29, 0.717) is 11.3 Å². The first-order chi connectivity index (χ1) is 7.97. The molecule has 0 aliphatic carbocycles. The van der Waals surface area contributed by atoms with Crippen LogP contribution in [0.25, 0.3) is 0 Å². The van der Waals surface area contributed by atoms with Crippen LogP contribution in [-0.4, -0.2) is 22.5 Å². The van der Waals surface area contributed by atoms with E-state index in [0.717, 1.165) is 6.07 Å². The predicted octanol–water partition coefficient (Wildman–Crippen LogP) is 1.65. The second-order valence-electron chi connectivity index (χ2n) is 3.29. The third kappa shape index (κ3) is 2.72. The Bertz CT molecular complexity index is 517. The van der Waals surface area contributed by atoms with E-state index in [9.17, 15) is 14.9 Å². The summed E-state index contributed by atoms with van der Waals surface area (Å²) in [4.78, 5) is 21.0. The van der Waals surface area contributed by atoms with Gasteiger partial charge in [-0.15, -0.1) is 6.42 Å². The van der Waals surface area contributed by atoms with Gasteiger partial charge < -0.3 is 10.4 Å². The monoisotopic (exact) mass is 234 g/mol. The van der Waals surface area contributed by atoms with Crippen LogP contribution in [0.5, 0.6) is 0 Å². The third-order valence-corrected chi connectivity index (χ3v) is 2.20. The van der Waals surface area contributed by atoms with E-state index in [4.69, 9.17) is 11.5 Å². The lowest BCUT2D eigenvalue weighted by molar-refractivity contribution is -0.385. The Morgan fingerprint density at radius 3 is 2.76 bits per heavy atom. The van der Waals surface area contributed by atoms with Crippen molar-refractivity contribution < 1.29 is 14.8 Å². The van der Waals surface area contributed by atoms with Gasteiger partial charge in [-0.3, -0.25) is 10.1 Å². The number of nitro benzene ring substituents is 1. The fraction of sp³-hybridized carbons (Fsp3) is 0.182. The lowest BCUT2D eigenvalue weighted by Gasteiger charge is -2.08. The van der Waals surface area contributed by atoms with Crippen molar-refractivity contribution >= 4 is 17.3 Å². The Labute approximate surface area is 97.4 Å². The molecular weight excluding hydrogens is 224 g/mol. The first-order valence-corrected chi connectivity index (χ1v) is 4.67. The highest BCUT2D eigenvalue weighted by Gasteiger charge is 2.18. The molecule has 0 saturated carbocycles. The number of aromatic carboxylic acids is 1. The number of anilines is 1. The van der Waals surface area contributed by atoms with Crippen LogP contribution >= 0.6 is 0 Å². The zero-order chi connectivity index (χ0) is 13.0. The Balaban J connectivity index is 3.33. The summed E-state index contributed by atoms with van der Waals surface area (Å²) in [6.07, 6.45) is 5.06. The average Bonchev–Trinajstić information content (AvgIpc) is 2.26. The van der Waals surface area contributed by atoms with Gasteiger partial charge in [-0.05, 0) is 13.0 Å². The molecule has 0 radical (unpaired) electrons. The highest BCUT2D eigenvalue weighted by atomic mass is 16.6. The van der Waals surface area contributed by atoms with Gasteiger partial charge in [-0.1, -0.05) is 5.92 Å². The lowest BCUT2D eigenvalue weighted by atomic mass is 10.1. The molecule has 0 spiro atoms. The molecule has 6 nitrogen and oxygen atoms in total. The molecule has 17 heavy (non-hydrogen) atoms. The van der Waals surface area contributed by atoms with Crippen molar-refractivity contribution in [2.45, 2.75) is 6.92 Å².